The summed E-state index contributed by atoms with van der Waals surface area (Å²) < 4.78 is 0. The highest BCUT2D eigenvalue weighted by molar-refractivity contribution is 6.13. The molecule has 2 heterocycles. The molecule has 2 aliphatic rings. The van der Waals surface area contributed by atoms with Crippen molar-refractivity contribution in [1.82, 2.24) is 9.80 Å². The predicted molar refractivity (Wildman–Crippen MR) is 60.7 cm³/mol. The molecule has 0 radical (unpaired) electrons. The molecular formula is C12H18N2O2. The number of amides is 2. The van der Waals surface area contributed by atoms with E-state index in [9.17, 15) is 9.59 Å². The maximum absolute atomic E-state index is 11.5. The van der Waals surface area contributed by atoms with Gasteiger partial charge in [0.2, 0.25) is 0 Å². The Morgan fingerprint density at radius 1 is 1.12 bits per heavy atom. The van der Waals surface area contributed by atoms with Gasteiger partial charge in [-0.3, -0.25) is 14.5 Å². The molecular weight excluding hydrogens is 204 g/mol. The molecule has 1 saturated heterocycles. The summed E-state index contributed by atoms with van der Waals surface area (Å²) in [5.74, 6) is -0.344. The summed E-state index contributed by atoms with van der Waals surface area (Å²) in [6.07, 6.45) is 6.47. The minimum Gasteiger partial charge on any atom is -0.301 e. The number of imide groups is 1. The molecule has 0 aromatic carbocycles. The molecule has 0 spiro atoms. The average Bonchev–Trinajstić information content (AvgIpc) is 2.60. The van der Waals surface area contributed by atoms with Gasteiger partial charge in [-0.1, -0.05) is 6.42 Å². The first-order valence-corrected chi connectivity index (χ1v) is 5.96. The maximum atomic E-state index is 11.5. The Labute approximate surface area is 95.9 Å². The second-order valence-electron chi connectivity index (χ2n) is 4.59. The Kier molecular flexibility index (Phi) is 3.39. The molecule has 2 amide bonds. The van der Waals surface area contributed by atoms with Crippen LogP contribution >= 0.6 is 0 Å². The fourth-order valence-electron chi connectivity index (χ4n) is 2.44. The summed E-state index contributed by atoms with van der Waals surface area (Å²) in [6.45, 7) is 4.93. The highest BCUT2D eigenvalue weighted by Crippen LogP contribution is 2.13. The lowest BCUT2D eigenvalue weighted by Crippen LogP contribution is -2.46. The average molecular weight is 222 g/mol. The van der Waals surface area contributed by atoms with E-state index < -0.39 is 0 Å². The lowest BCUT2D eigenvalue weighted by molar-refractivity contribution is -0.139. The van der Waals surface area contributed by atoms with Crippen LogP contribution in [-0.2, 0) is 9.59 Å². The van der Waals surface area contributed by atoms with Gasteiger partial charge in [-0.25, -0.2) is 0 Å². The molecule has 0 bridgehead atoms. The lowest BCUT2D eigenvalue weighted by atomic mass is 10.1. The van der Waals surface area contributed by atoms with Gasteiger partial charge in [0.25, 0.3) is 11.8 Å². The van der Waals surface area contributed by atoms with E-state index in [1.165, 1.54) is 36.3 Å². The monoisotopic (exact) mass is 222 g/mol. The molecule has 4 heteroatoms. The molecule has 2 aliphatic heterocycles. The zero-order chi connectivity index (χ0) is 11.5. The molecule has 0 aromatic heterocycles. The van der Waals surface area contributed by atoms with Crippen molar-refractivity contribution in [3.8, 4) is 0 Å². The first kappa shape index (κ1) is 11.3. The molecule has 2 rings (SSSR count). The minimum absolute atomic E-state index is 0.0203. The molecule has 0 aromatic rings. The Bertz CT molecular complexity index is 301. The largest absolute Gasteiger partial charge is 0.301 e. The highest BCUT2D eigenvalue weighted by atomic mass is 16.2. The molecule has 88 valence electrons. The van der Waals surface area contributed by atoms with Crippen molar-refractivity contribution < 1.29 is 9.59 Å². The molecule has 0 saturated carbocycles. The fraction of sp³-hybridized carbons (Fsp3) is 0.667. The van der Waals surface area contributed by atoms with Gasteiger partial charge in [0.1, 0.15) is 0 Å². The Hall–Kier alpha value is -1.16. The van der Waals surface area contributed by atoms with Crippen molar-refractivity contribution in [2.45, 2.75) is 32.2 Å². The smallest absolute Gasteiger partial charge is 0.253 e. The minimum atomic E-state index is -0.172. The van der Waals surface area contributed by atoms with Crippen LogP contribution in [0, 0.1) is 0 Å². The Morgan fingerprint density at radius 3 is 2.25 bits per heavy atom. The summed E-state index contributed by atoms with van der Waals surface area (Å²) in [5, 5.41) is 0. The molecule has 0 aliphatic carbocycles. The lowest BCUT2D eigenvalue weighted by Gasteiger charge is -2.32. The van der Waals surface area contributed by atoms with Crippen molar-refractivity contribution in [2.24, 2.45) is 0 Å². The number of likely N-dealkylation sites (tertiary alicyclic amines) is 1. The number of piperidine rings is 1. The molecule has 0 N–H and O–H groups in total. The van der Waals surface area contributed by atoms with Crippen LogP contribution in [0.3, 0.4) is 0 Å². The zero-order valence-corrected chi connectivity index (χ0v) is 9.69. The standard InChI is InChI=1S/C12H18N2O2/c1-10(9-13-7-3-2-4-8-13)14-11(15)5-6-12(14)16/h5-6,10H,2-4,7-9H2,1H3. The van der Waals surface area contributed by atoms with Crippen molar-refractivity contribution in [1.29, 1.82) is 0 Å². The topological polar surface area (TPSA) is 40.6 Å². The van der Waals surface area contributed by atoms with Crippen molar-refractivity contribution >= 4 is 11.8 Å². The molecule has 16 heavy (non-hydrogen) atoms. The van der Waals surface area contributed by atoms with Crippen LogP contribution in [-0.4, -0.2) is 47.3 Å². The fourth-order valence-corrected chi connectivity index (χ4v) is 2.44. The number of carbonyl (C=O) groups is 2. The Morgan fingerprint density at radius 2 is 1.69 bits per heavy atom. The zero-order valence-electron chi connectivity index (χ0n) is 9.69. The van der Waals surface area contributed by atoms with Crippen LogP contribution in [0.2, 0.25) is 0 Å². The van der Waals surface area contributed by atoms with Crippen molar-refractivity contribution in [3.63, 3.8) is 0 Å². The van der Waals surface area contributed by atoms with E-state index >= 15 is 0 Å². The number of hydrogen-bond acceptors (Lipinski definition) is 3. The SMILES string of the molecule is CC(CN1CCCCC1)N1C(=O)C=CC1=O. The summed E-state index contributed by atoms with van der Waals surface area (Å²) in [7, 11) is 0. The van der Waals surface area contributed by atoms with Gasteiger partial charge in [0.15, 0.2) is 0 Å². The summed E-state index contributed by atoms with van der Waals surface area (Å²) in [5.41, 5.74) is 0. The first-order valence-electron chi connectivity index (χ1n) is 5.96. The normalized spacial score (nSPS) is 24.2. The van der Waals surface area contributed by atoms with Crippen molar-refractivity contribution in [2.75, 3.05) is 19.6 Å². The third-order valence-corrected chi connectivity index (χ3v) is 3.26. The van der Waals surface area contributed by atoms with E-state index in [1.54, 1.807) is 0 Å². The summed E-state index contributed by atoms with van der Waals surface area (Å²) >= 11 is 0. The second kappa shape index (κ2) is 4.78. The van der Waals surface area contributed by atoms with Gasteiger partial charge in [-0.2, -0.15) is 0 Å². The van der Waals surface area contributed by atoms with E-state index in [4.69, 9.17) is 0 Å². The van der Waals surface area contributed by atoms with Gasteiger partial charge in [-0.05, 0) is 32.9 Å². The van der Waals surface area contributed by atoms with E-state index in [2.05, 4.69) is 4.90 Å². The number of rotatable bonds is 3. The molecule has 1 atom stereocenters. The van der Waals surface area contributed by atoms with E-state index in [0.717, 1.165) is 19.6 Å². The first-order chi connectivity index (χ1) is 7.68. The van der Waals surface area contributed by atoms with Crippen LogP contribution in [0.4, 0.5) is 0 Å². The van der Waals surface area contributed by atoms with Crippen LogP contribution in [0.15, 0.2) is 12.2 Å². The van der Waals surface area contributed by atoms with Crippen LogP contribution in [0.1, 0.15) is 26.2 Å². The number of carbonyl (C=O) groups excluding carboxylic acids is 2. The Balaban J connectivity index is 1.89. The second-order valence-corrected chi connectivity index (χ2v) is 4.59. The van der Waals surface area contributed by atoms with Crippen LogP contribution in [0.5, 0.6) is 0 Å². The van der Waals surface area contributed by atoms with Crippen LogP contribution in [0.25, 0.3) is 0 Å². The van der Waals surface area contributed by atoms with E-state index in [-0.39, 0.29) is 17.9 Å². The highest BCUT2D eigenvalue weighted by Gasteiger charge is 2.29. The quantitative estimate of drug-likeness (QED) is 0.663. The third-order valence-electron chi connectivity index (χ3n) is 3.26. The van der Waals surface area contributed by atoms with Gasteiger partial charge in [0, 0.05) is 18.7 Å². The molecule has 1 fully saturated rings. The van der Waals surface area contributed by atoms with Gasteiger partial charge < -0.3 is 4.90 Å². The van der Waals surface area contributed by atoms with E-state index in [1.807, 2.05) is 6.92 Å². The van der Waals surface area contributed by atoms with Crippen molar-refractivity contribution in [3.05, 3.63) is 12.2 Å². The van der Waals surface area contributed by atoms with Gasteiger partial charge >= 0.3 is 0 Å². The van der Waals surface area contributed by atoms with Gasteiger partial charge in [0.05, 0.1) is 6.04 Å². The van der Waals surface area contributed by atoms with Crippen LogP contribution < -0.4 is 0 Å². The number of nitrogens with zero attached hydrogens (tertiary/aromatic N) is 2. The molecule has 4 nitrogen and oxygen atoms in total. The number of hydrogen-bond donors (Lipinski definition) is 0. The molecule has 1 unspecified atom stereocenters. The predicted octanol–water partition coefficient (Wildman–Crippen LogP) is 0.786. The maximum Gasteiger partial charge on any atom is 0.253 e. The van der Waals surface area contributed by atoms with Gasteiger partial charge in [-0.15, -0.1) is 0 Å². The van der Waals surface area contributed by atoms with E-state index in [0.29, 0.717) is 0 Å². The third kappa shape index (κ3) is 2.32. The summed E-state index contributed by atoms with van der Waals surface area (Å²) in [4.78, 5) is 26.6. The summed E-state index contributed by atoms with van der Waals surface area (Å²) in [6, 6.07) is -0.0203.